The highest BCUT2D eigenvalue weighted by molar-refractivity contribution is 8.14. The Hall–Kier alpha value is -1.38. The Morgan fingerprint density at radius 3 is 2.75 bits per heavy atom. The maximum absolute atomic E-state index is 9.38. The first-order chi connectivity index (χ1) is 11.6. The van der Waals surface area contributed by atoms with Gasteiger partial charge in [0.15, 0.2) is 0 Å². The van der Waals surface area contributed by atoms with Crippen molar-refractivity contribution in [2.45, 2.75) is 6.04 Å². The van der Waals surface area contributed by atoms with E-state index in [0.29, 0.717) is 27.0 Å². The summed E-state index contributed by atoms with van der Waals surface area (Å²) in [4.78, 5) is 0. The Bertz CT molecular complexity index is 594. The number of nitrogens with one attached hydrogen (secondary N) is 4. The second-order valence-electron chi connectivity index (χ2n) is 5.04. The molecule has 0 bridgehead atoms. The highest BCUT2D eigenvalue weighted by Gasteiger charge is 2.13. The summed E-state index contributed by atoms with van der Waals surface area (Å²) in [6, 6.07) is 5.16. The predicted octanol–water partition coefficient (Wildman–Crippen LogP) is 1.52. The van der Waals surface area contributed by atoms with Gasteiger partial charge in [-0.15, -0.1) is 11.8 Å². The van der Waals surface area contributed by atoms with E-state index in [1.807, 2.05) is 7.05 Å². The molecule has 0 aliphatic rings. The smallest absolute Gasteiger partial charge is 0.0958 e. The normalized spacial score (nSPS) is 12.9. The molecular weight excluding hydrogens is 346 g/mol. The van der Waals surface area contributed by atoms with E-state index in [9.17, 15) is 5.11 Å². The van der Waals surface area contributed by atoms with Gasteiger partial charge in [0.1, 0.15) is 0 Å². The first-order valence-corrected chi connectivity index (χ1v) is 8.86. The van der Waals surface area contributed by atoms with Gasteiger partial charge in [-0.25, -0.2) is 0 Å². The van der Waals surface area contributed by atoms with Gasteiger partial charge in [0.25, 0.3) is 0 Å². The van der Waals surface area contributed by atoms with Gasteiger partial charge in [0.2, 0.25) is 0 Å². The van der Waals surface area contributed by atoms with Crippen molar-refractivity contribution in [3.05, 3.63) is 40.5 Å². The second kappa shape index (κ2) is 11.2. The summed E-state index contributed by atoms with van der Waals surface area (Å²) in [5.74, 6) is 0.575. The Balaban J connectivity index is 2.69. The Labute approximate surface area is 151 Å². The van der Waals surface area contributed by atoms with Crippen LogP contribution in [-0.2, 0) is 0 Å². The number of aliphatic hydroxyl groups is 1. The lowest BCUT2D eigenvalue weighted by Crippen LogP contribution is -2.38. The Morgan fingerprint density at radius 1 is 1.46 bits per heavy atom. The summed E-state index contributed by atoms with van der Waals surface area (Å²) >= 11 is 7.60. The quantitative estimate of drug-likeness (QED) is 0.212. The van der Waals surface area contributed by atoms with Crippen LogP contribution < -0.4 is 16.4 Å². The van der Waals surface area contributed by atoms with E-state index < -0.39 is 0 Å². The third kappa shape index (κ3) is 6.26. The molecule has 0 aromatic heterocycles. The standard InChI is InChI=1S/C16H24ClN5OS/c1-21-4-5-22-13(9-23)10-24-16(20)14-3-2-11(6-15(14)17)12(7-18)8-19/h2-3,6-8,13,18,20-23H,4-5,9-10,19H2,1H3/b12-8+,18-7?,20-16?. The van der Waals surface area contributed by atoms with Gasteiger partial charge >= 0.3 is 0 Å². The monoisotopic (exact) mass is 369 g/mol. The van der Waals surface area contributed by atoms with Crippen LogP contribution in [0.1, 0.15) is 11.1 Å². The third-order valence-electron chi connectivity index (χ3n) is 3.34. The van der Waals surface area contributed by atoms with Crippen LogP contribution in [-0.4, -0.2) is 54.9 Å². The lowest BCUT2D eigenvalue weighted by molar-refractivity contribution is 0.254. The molecule has 0 radical (unpaired) electrons. The van der Waals surface area contributed by atoms with Crippen LogP contribution in [0.15, 0.2) is 24.4 Å². The fraction of sp³-hybridized carbons (Fsp3) is 0.375. The largest absolute Gasteiger partial charge is 0.404 e. The predicted molar refractivity (Wildman–Crippen MR) is 104 cm³/mol. The van der Waals surface area contributed by atoms with Gasteiger partial charge in [-0.3, -0.25) is 5.41 Å². The molecule has 0 aliphatic heterocycles. The number of nitrogens with two attached hydrogens (primary N) is 1. The SMILES string of the molecule is CNCCNC(CO)CSC(=N)c1ccc(/C(C=N)=C/N)cc1Cl. The molecule has 0 amide bonds. The minimum Gasteiger partial charge on any atom is -0.404 e. The van der Waals surface area contributed by atoms with E-state index in [1.54, 1.807) is 18.2 Å². The number of aliphatic hydroxyl groups excluding tert-OH is 1. The van der Waals surface area contributed by atoms with Crippen molar-refractivity contribution in [3.63, 3.8) is 0 Å². The van der Waals surface area contributed by atoms with Gasteiger partial charge in [0, 0.05) is 48.4 Å². The number of rotatable bonds is 10. The van der Waals surface area contributed by atoms with Crippen LogP contribution >= 0.6 is 23.4 Å². The van der Waals surface area contributed by atoms with Crippen LogP contribution in [0.4, 0.5) is 0 Å². The molecule has 0 saturated heterocycles. The molecule has 1 rings (SSSR count). The van der Waals surface area contributed by atoms with Gasteiger partial charge in [-0.1, -0.05) is 23.7 Å². The lowest BCUT2D eigenvalue weighted by atomic mass is 10.1. The van der Waals surface area contributed by atoms with Crippen LogP contribution in [0.25, 0.3) is 5.57 Å². The van der Waals surface area contributed by atoms with Crippen molar-refractivity contribution < 1.29 is 5.11 Å². The molecule has 1 aromatic rings. The molecular formula is C16H24ClN5OS. The van der Waals surface area contributed by atoms with Crippen LogP contribution in [0.3, 0.4) is 0 Å². The van der Waals surface area contributed by atoms with Gasteiger partial charge in [-0.2, -0.15) is 0 Å². The van der Waals surface area contributed by atoms with E-state index in [-0.39, 0.29) is 12.6 Å². The van der Waals surface area contributed by atoms with Gasteiger partial charge in [0.05, 0.1) is 16.7 Å². The molecule has 8 heteroatoms. The van der Waals surface area contributed by atoms with Crippen molar-refractivity contribution in [2.75, 3.05) is 32.5 Å². The van der Waals surface area contributed by atoms with Gasteiger partial charge < -0.3 is 26.9 Å². The highest BCUT2D eigenvalue weighted by atomic mass is 35.5. The number of hydrogen-bond donors (Lipinski definition) is 6. The maximum Gasteiger partial charge on any atom is 0.0958 e. The van der Waals surface area contributed by atoms with Crippen molar-refractivity contribution in [1.29, 1.82) is 10.8 Å². The molecule has 6 nitrogen and oxygen atoms in total. The van der Waals surface area contributed by atoms with Crippen molar-refractivity contribution in [1.82, 2.24) is 10.6 Å². The lowest BCUT2D eigenvalue weighted by Gasteiger charge is -2.16. The van der Waals surface area contributed by atoms with Crippen molar-refractivity contribution in [2.24, 2.45) is 5.73 Å². The summed E-state index contributed by atoms with van der Waals surface area (Å²) < 4.78 is 0. The zero-order chi connectivity index (χ0) is 17.9. The first kappa shape index (κ1) is 20.7. The number of likely N-dealkylation sites (N-methyl/N-ethyl adjacent to an activating group) is 1. The molecule has 0 spiro atoms. The summed E-state index contributed by atoms with van der Waals surface area (Å²) in [6.45, 7) is 1.58. The summed E-state index contributed by atoms with van der Waals surface area (Å²) in [7, 11) is 1.87. The minimum atomic E-state index is -0.0774. The average Bonchev–Trinajstić information content (AvgIpc) is 2.59. The molecule has 7 N–H and O–H groups in total. The zero-order valence-electron chi connectivity index (χ0n) is 13.6. The van der Waals surface area contributed by atoms with Crippen molar-refractivity contribution in [3.8, 4) is 0 Å². The van der Waals surface area contributed by atoms with Gasteiger partial charge in [-0.05, 0) is 18.7 Å². The third-order valence-corrected chi connectivity index (χ3v) is 4.73. The highest BCUT2D eigenvalue weighted by Crippen LogP contribution is 2.25. The fourth-order valence-electron chi connectivity index (χ4n) is 1.95. The van der Waals surface area contributed by atoms with Crippen LogP contribution in [0, 0.1) is 10.8 Å². The molecule has 24 heavy (non-hydrogen) atoms. The summed E-state index contributed by atoms with van der Waals surface area (Å²) in [5, 5.41) is 31.9. The zero-order valence-corrected chi connectivity index (χ0v) is 15.2. The Morgan fingerprint density at radius 2 is 2.21 bits per heavy atom. The van der Waals surface area contributed by atoms with E-state index in [2.05, 4.69) is 10.6 Å². The Kier molecular flexibility index (Phi) is 9.66. The van der Waals surface area contributed by atoms with E-state index in [4.69, 9.17) is 28.2 Å². The molecule has 132 valence electrons. The second-order valence-corrected chi connectivity index (χ2v) is 6.48. The number of hydrogen-bond acceptors (Lipinski definition) is 7. The molecule has 1 aromatic carbocycles. The summed E-state index contributed by atoms with van der Waals surface area (Å²) in [5.41, 5.74) is 7.40. The summed E-state index contributed by atoms with van der Waals surface area (Å²) in [6.07, 6.45) is 2.51. The number of thioether (sulfide) groups is 1. The maximum atomic E-state index is 9.38. The molecule has 0 aliphatic carbocycles. The number of benzene rings is 1. The van der Waals surface area contributed by atoms with Crippen molar-refractivity contribution >= 4 is 40.2 Å². The molecule has 0 heterocycles. The van der Waals surface area contributed by atoms with E-state index >= 15 is 0 Å². The molecule has 1 atom stereocenters. The average molecular weight is 370 g/mol. The molecule has 0 fully saturated rings. The fourth-order valence-corrected chi connectivity index (χ4v) is 3.20. The minimum absolute atomic E-state index is 0.0145. The number of halogens is 1. The van der Waals surface area contributed by atoms with E-state index in [1.165, 1.54) is 18.0 Å². The van der Waals surface area contributed by atoms with Crippen LogP contribution in [0.2, 0.25) is 5.02 Å². The molecule has 0 saturated carbocycles. The van der Waals surface area contributed by atoms with Crippen LogP contribution in [0.5, 0.6) is 0 Å². The first-order valence-electron chi connectivity index (χ1n) is 7.50. The molecule has 1 unspecified atom stereocenters. The topological polar surface area (TPSA) is 118 Å². The number of allylic oxidation sites excluding steroid dienone is 1. The van der Waals surface area contributed by atoms with E-state index in [0.717, 1.165) is 24.9 Å².